The summed E-state index contributed by atoms with van der Waals surface area (Å²) in [6, 6.07) is 7.35. The zero-order chi connectivity index (χ0) is 15.5. The molecule has 1 heterocycles. The summed E-state index contributed by atoms with van der Waals surface area (Å²) in [7, 11) is 0.532. The van der Waals surface area contributed by atoms with Crippen LogP contribution in [0.2, 0.25) is 0 Å². The molecule has 1 aliphatic rings. The third kappa shape index (κ3) is 4.26. The Balaban J connectivity index is 2.05. The van der Waals surface area contributed by atoms with E-state index in [9.17, 15) is 8.42 Å². The normalized spacial score (nSPS) is 19.6. The maximum atomic E-state index is 12.4. The van der Waals surface area contributed by atoms with Crippen LogP contribution in [0.1, 0.15) is 31.4 Å². The van der Waals surface area contributed by atoms with Gasteiger partial charge in [-0.3, -0.25) is 0 Å². The van der Waals surface area contributed by atoms with E-state index in [1.807, 2.05) is 26.1 Å². The van der Waals surface area contributed by atoms with Crippen molar-refractivity contribution in [2.45, 2.75) is 36.7 Å². The molecule has 1 fully saturated rings. The fraction of sp³-hybridized carbons (Fsp3) is 0.600. The van der Waals surface area contributed by atoms with Gasteiger partial charge in [-0.15, -0.1) is 0 Å². The van der Waals surface area contributed by atoms with E-state index in [1.54, 1.807) is 12.1 Å². The minimum Gasteiger partial charge on any atom is -0.313 e. The van der Waals surface area contributed by atoms with Gasteiger partial charge in [0.1, 0.15) is 0 Å². The summed E-state index contributed by atoms with van der Waals surface area (Å²) in [5.41, 5.74) is 1.08. The topological polar surface area (TPSA) is 61.4 Å². The number of sulfonamides is 1. The maximum Gasteiger partial charge on any atom is 0.240 e. The molecule has 0 amide bonds. The molecule has 2 rings (SSSR count). The van der Waals surface area contributed by atoms with Gasteiger partial charge in [-0.05, 0) is 64.6 Å². The fourth-order valence-electron chi connectivity index (χ4n) is 2.52. The van der Waals surface area contributed by atoms with E-state index in [0.29, 0.717) is 4.90 Å². The lowest BCUT2D eigenvalue weighted by atomic mass is 10.1. The molecule has 1 aromatic rings. The van der Waals surface area contributed by atoms with Gasteiger partial charge in [-0.1, -0.05) is 12.1 Å². The Morgan fingerprint density at radius 2 is 1.76 bits per heavy atom. The van der Waals surface area contributed by atoms with Crippen LogP contribution in [0.4, 0.5) is 0 Å². The Hall–Kier alpha value is -0.950. The molecule has 0 radical (unpaired) electrons. The lowest BCUT2D eigenvalue weighted by Gasteiger charge is -2.29. The second-order valence-electron chi connectivity index (χ2n) is 5.78. The van der Waals surface area contributed by atoms with E-state index in [0.717, 1.165) is 31.5 Å². The molecule has 0 bridgehead atoms. The molecular formula is C15H25N3O2S. The van der Waals surface area contributed by atoms with E-state index in [4.69, 9.17) is 0 Å². The van der Waals surface area contributed by atoms with Crippen LogP contribution in [-0.2, 0) is 10.0 Å². The number of nitrogens with one attached hydrogen (secondary N) is 2. The fourth-order valence-corrected chi connectivity index (χ4v) is 3.82. The summed E-state index contributed by atoms with van der Waals surface area (Å²) in [6.45, 7) is 3.91. The third-order valence-electron chi connectivity index (χ3n) is 4.16. The zero-order valence-corrected chi connectivity index (χ0v) is 13.8. The lowest BCUT2D eigenvalue weighted by molar-refractivity contribution is 0.248. The van der Waals surface area contributed by atoms with Crippen LogP contribution in [-0.4, -0.2) is 46.5 Å². The van der Waals surface area contributed by atoms with Crippen LogP contribution >= 0.6 is 0 Å². The highest BCUT2D eigenvalue weighted by Crippen LogP contribution is 2.17. The van der Waals surface area contributed by atoms with Crippen LogP contribution in [0.15, 0.2) is 29.2 Å². The predicted molar refractivity (Wildman–Crippen MR) is 84.8 cm³/mol. The summed E-state index contributed by atoms with van der Waals surface area (Å²) in [4.78, 5) is 2.56. The smallest absolute Gasteiger partial charge is 0.240 e. The number of likely N-dealkylation sites (tertiary alicyclic amines) is 1. The van der Waals surface area contributed by atoms with Gasteiger partial charge in [0.05, 0.1) is 4.90 Å². The molecule has 1 unspecified atom stereocenters. The van der Waals surface area contributed by atoms with Crippen molar-refractivity contribution in [3.8, 4) is 0 Å². The summed E-state index contributed by atoms with van der Waals surface area (Å²) in [5.74, 6) is 0. The zero-order valence-electron chi connectivity index (χ0n) is 13.0. The van der Waals surface area contributed by atoms with E-state index in [1.165, 1.54) is 0 Å². The van der Waals surface area contributed by atoms with E-state index in [-0.39, 0.29) is 12.1 Å². The van der Waals surface area contributed by atoms with Crippen molar-refractivity contribution >= 4 is 10.0 Å². The number of hydrogen-bond acceptors (Lipinski definition) is 4. The Morgan fingerprint density at radius 1 is 1.19 bits per heavy atom. The Morgan fingerprint density at radius 3 is 2.29 bits per heavy atom. The Labute approximate surface area is 127 Å². The summed E-state index contributed by atoms with van der Waals surface area (Å²) < 4.78 is 27.6. The average molecular weight is 311 g/mol. The molecular weight excluding hydrogens is 286 g/mol. The molecule has 21 heavy (non-hydrogen) atoms. The monoisotopic (exact) mass is 311 g/mol. The Bertz CT molecular complexity index is 549. The number of benzene rings is 1. The van der Waals surface area contributed by atoms with Gasteiger partial charge in [-0.2, -0.15) is 0 Å². The summed E-state index contributed by atoms with van der Waals surface area (Å²) in [5, 5.41) is 3.14. The summed E-state index contributed by atoms with van der Waals surface area (Å²) in [6.07, 6.45) is 1.73. The molecule has 6 heteroatoms. The number of rotatable bonds is 5. The van der Waals surface area contributed by atoms with Crippen molar-refractivity contribution in [1.29, 1.82) is 0 Å². The van der Waals surface area contributed by atoms with Crippen molar-refractivity contribution in [1.82, 2.24) is 14.9 Å². The van der Waals surface area contributed by atoms with Crippen molar-refractivity contribution in [2.24, 2.45) is 0 Å². The number of nitrogens with zero attached hydrogens (tertiary/aromatic N) is 1. The standard InChI is InChI=1S/C15H25N3O2S/c1-12(16-2)13-4-6-15(7-5-13)21(19,20)17-14-8-10-18(3)11-9-14/h4-7,12,14,16-17H,8-11H2,1-3H3. The first-order valence-electron chi connectivity index (χ1n) is 7.40. The van der Waals surface area contributed by atoms with Gasteiger partial charge in [0.15, 0.2) is 0 Å². The van der Waals surface area contributed by atoms with Crippen molar-refractivity contribution in [3.05, 3.63) is 29.8 Å². The van der Waals surface area contributed by atoms with Crippen molar-refractivity contribution < 1.29 is 8.42 Å². The highest BCUT2D eigenvalue weighted by molar-refractivity contribution is 7.89. The Kier molecular flexibility index (Phi) is 5.37. The second-order valence-corrected chi connectivity index (χ2v) is 7.49. The second kappa shape index (κ2) is 6.87. The maximum absolute atomic E-state index is 12.4. The molecule has 0 spiro atoms. The first kappa shape index (κ1) is 16.4. The molecule has 1 atom stereocenters. The molecule has 0 aromatic heterocycles. The average Bonchev–Trinajstić information content (AvgIpc) is 2.49. The van der Waals surface area contributed by atoms with Gasteiger partial charge in [0.2, 0.25) is 10.0 Å². The third-order valence-corrected chi connectivity index (χ3v) is 5.70. The highest BCUT2D eigenvalue weighted by Gasteiger charge is 2.23. The van der Waals surface area contributed by atoms with Gasteiger partial charge in [-0.25, -0.2) is 13.1 Å². The minimum atomic E-state index is -3.42. The van der Waals surface area contributed by atoms with Crippen LogP contribution in [0, 0.1) is 0 Å². The number of piperidine rings is 1. The van der Waals surface area contributed by atoms with E-state index >= 15 is 0 Å². The van der Waals surface area contributed by atoms with Crippen LogP contribution in [0.25, 0.3) is 0 Å². The molecule has 2 N–H and O–H groups in total. The van der Waals surface area contributed by atoms with Gasteiger partial charge >= 0.3 is 0 Å². The first-order chi connectivity index (χ1) is 9.92. The molecule has 0 saturated carbocycles. The molecule has 118 valence electrons. The minimum absolute atomic E-state index is 0.0436. The summed E-state index contributed by atoms with van der Waals surface area (Å²) >= 11 is 0. The van der Waals surface area contributed by atoms with Crippen molar-refractivity contribution in [2.75, 3.05) is 27.2 Å². The van der Waals surface area contributed by atoms with Gasteiger partial charge in [0.25, 0.3) is 0 Å². The molecule has 1 aliphatic heterocycles. The van der Waals surface area contributed by atoms with Crippen molar-refractivity contribution in [3.63, 3.8) is 0 Å². The van der Waals surface area contributed by atoms with Gasteiger partial charge in [0, 0.05) is 12.1 Å². The molecule has 0 aliphatic carbocycles. The van der Waals surface area contributed by atoms with E-state index < -0.39 is 10.0 Å². The van der Waals surface area contributed by atoms with E-state index in [2.05, 4.69) is 22.0 Å². The molecule has 5 nitrogen and oxygen atoms in total. The highest BCUT2D eigenvalue weighted by atomic mass is 32.2. The van der Waals surface area contributed by atoms with Crippen LogP contribution in [0.5, 0.6) is 0 Å². The van der Waals surface area contributed by atoms with Gasteiger partial charge < -0.3 is 10.2 Å². The SMILES string of the molecule is CNC(C)c1ccc(S(=O)(=O)NC2CCN(C)CC2)cc1. The molecule has 1 saturated heterocycles. The number of hydrogen-bond donors (Lipinski definition) is 2. The van der Waals surface area contributed by atoms with Crippen LogP contribution < -0.4 is 10.0 Å². The lowest BCUT2D eigenvalue weighted by Crippen LogP contribution is -2.43. The largest absolute Gasteiger partial charge is 0.313 e. The predicted octanol–water partition coefficient (Wildman–Crippen LogP) is 1.34. The van der Waals surface area contributed by atoms with Crippen LogP contribution in [0.3, 0.4) is 0 Å². The molecule has 1 aromatic carbocycles. The first-order valence-corrected chi connectivity index (χ1v) is 8.89. The quantitative estimate of drug-likeness (QED) is 0.861.